The summed E-state index contributed by atoms with van der Waals surface area (Å²) in [5.74, 6) is 2.21. The first kappa shape index (κ1) is 19.0. The molecule has 31 heavy (non-hydrogen) atoms. The average molecular weight is 414 g/mol. The Labute approximate surface area is 179 Å². The van der Waals surface area contributed by atoms with Gasteiger partial charge in [-0.15, -0.1) is 0 Å². The van der Waals surface area contributed by atoms with Gasteiger partial charge in [-0.05, 0) is 23.8 Å². The van der Waals surface area contributed by atoms with Crippen LogP contribution < -0.4 is 9.64 Å². The van der Waals surface area contributed by atoms with Gasteiger partial charge in [0.25, 0.3) is 11.7 Å². The van der Waals surface area contributed by atoms with Gasteiger partial charge in [-0.2, -0.15) is 14.6 Å². The molecule has 2 aromatic heterocycles. The predicted molar refractivity (Wildman–Crippen MR) is 117 cm³/mol. The summed E-state index contributed by atoms with van der Waals surface area (Å²) in [4.78, 5) is 25.8. The highest BCUT2D eigenvalue weighted by Crippen LogP contribution is 2.31. The maximum atomic E-state index is 13.0. The van der Waals surface area contributed by atoms with Gasteiger partial charge in [0.05, 0.1) is 7.11 Å². The summed E-state index contributed by atoms with van der Waals surface area (Å²) in [7, 11) is 1.60. The van der Waals surface area contributed by atoms with Crippen LogP contribution in [-0.4, -0.2) is 63.7 Å². The van der Waals surface area contributed by atoms with Crippen LogP contribution in [0.3, 0.4) is 0 Å². The van der Waals surface area contributed by atoms with Crippen molar-refractivity contribution >= 4 is 17.5 Å². The number of amides is 1. The lowest BCUT2D eigenvalue weighted by Gasteiger charge is -2.36. The highest BCUT2D eigenvalue weighted by atomic mass is 16.5. The number of hydrogen-bond donors (Lipinski definition) is 0. The van der Waals surface area contributed by atoms with E-state index in [0.29, 0.717) is 43.3 Å². The molecular weight excluding hydrogens is 392 g/mol. The van der Waals surface area contributed by atoms with Crippen LogP contribution in [0.1, 0.15) is 10.4 Å². The Morgan fingerprint density at radius 3 is 2.55 bits per heavy atom. The quantitative estimate of drug-likeness (QED) is 0.511. The molecule has 0 atom stereocenters. The standard InChI is InChI=1S/C23H22N6O2/c1-31-19-9-5-8-18(14-19)22(30)28-12-10-27(11-13-28)21-20(17-6-3-2-4-7-17)15-24-23-25-16-26-29(21)23/h2-9,14-16H,10-13H2,1H3. The van der Waals surface area contributed by atoms with Gasteiger partial charge in [-0.1, -0.05) is 36.4 Å². The molecule has 1 amide bonds. The van der Waals surface area contributed by atoms with E-state index in [-0.39, 0.29) is 5.91 Å². The number of methoxy groups -OCH3 is 1. The van der Waals surface area contributed by atoms with E-state index in [1.165, 1.54) is 6.33 Å². The zero-order valence-electron chi connectivity index (χ0n) is 17.2. The second-order valence-electron chi connectivity index (χ2n) is 7.34. The number of fused-ring (bicyclic) bond motifs is 1. The normalized spacial score (nSPS) is 14.1. The molecule has 8 heteroatoms. The first-order chi connectivity index (χ1) is 15.2. The second-order valence-corrected chi connectivity index (χ2v) is 7.34. The van der Waals surface area contributed by atoms with Crippen LogP contribution >= 0.6 is 0 Å². The fourth-order valence-electron chi connectivity index (χ4n) is 3.95. The third-order valence-electron chi connectivity index (χ3n) is 5.55. The van der Waals surface area contributed by atoms with Gasteiger partial charge in [0.2, 0.25) is 0 Å². The fourth-order valence-corrected chi connectivity index (χ4v) is 3.95. The van der Waals surface area contributed by atoms with Crippen molar-refractivity contribution in [1.82, 2.24) is 24.5 Å². The molecule has 0 saturated carbocycles. The first-order valence-corrected chi connectivity index (χ1v) is 10.2. The van der Waals surface area contributed by atoms with Crippen LogP contribution in [0.2, 0.25) is 0 Å². The lowest BCUT2D eigenvalue weighted by atomic mass is 10.1. The summed E-state index contributed by atoms with van der Waals surface area (Å²) in [6, 6.07) is 17.4. The maximum absolute atomic E-state index is 13.0. The lowest BCUT2D eigenvalue weighted by Crippen LogP contribution is -2.49. The molecule has 0 bridgehead atoms. The number of nitrogens with zero attached hydrogens (tertiary/aromatic N) is 6. The summed E-state index contributed by atoms with van der Waals surface area (Å²) in [6.45, 7) is 2.61. The molecule has 0 N–H and O–H groups in total. The smallest absolute Gasteiger partial charge is 0.254 e. The highest BCUT2D eigenvalue weighted by molar-refractivity contribution is 5.94. The molecule has 0 spiro atoms. The molecule has 0 aliphatic carbocycles. The van der Waals surface area contributed by atoms with Crippen LogP contribution in [0.15, 0.2) is 67.1 Å². The van der Waals surface area contributed by atoms with E-state index < -0.39 is 0 Å². The molecule has 1 aliphatic rings. The van der Waals surface area contributed by atoms with E-state index in [1.807, 2.05) is 47.5 Å². The minimum Gasteiger partial charge on any atom is -0.497 e. The lowest BCUT2D eigenvalue weighted by molar-refractivity contribution is 0.0746. The molecular formula is C23H22N6O2. The predicted octanol–water partition coefficient (Wildman–Crippen LogP) is 2.76. The average Bonchev–Trinajstić information content (AvgIpc) is 3.33. The zero-order valence-corrected chi connectivity index (χ0v) is 17.2. The third kappa shape index (κ3) is 3.56. The molecule has 0 unspecified atom stereocenters. The Hall–Kier alpha value is -3.94. The van der Waals surface area contributed by atoms with E-state index in [4.69, 9.17) is 4.74 Å². The summed E-state index contributed by atoms with van der Waals surface area (Å²) >= 11 is 0. The van der Waals surface area contributed by atoms with Crippen LogP contribution in [0.5, 0.6) is 5.75 Å². The monoisotopic (exact) mass is 414 g/mol. The minimum atomic E-state index is 0.0162. The van der Waals surface area contributed by atoms with Crippen LogP contribution in [0, 0.1) is 0 Å². The van der Waals surface area contributed by atoms with Crippen LogP contribution in [0.25, 0.3) is 16.9 Å². The van der Waals surface area contributed by atoms with Crippen LogP contribution in [0.4, 0.5) is 5.82 Å². The SMILES string of the molecule is COc1cccc(C(=O)N2CCN(c3c(-c4ccccc4)cnc4ncnn34)CC2)c1. The van der Waals surface area contributed by atoms with Gasteiger partial charge in [-0.25, -0.2) is 4.98 Å². The number of benzene rings is 2. The van der Waals surface area contributed by atoms with E-state index in [2.05, 4.69) is 32.1 Å². The van der Waals surface area contributed by atoms with Gasteiger partial charge in [0.15, 0.2) is 0 Å². The van der Waals surface area contributed by atoms with Gasteiger partial charge < -0.3 is 14.5 Å². The third-order valence-corrected chi connectivity index (χ3v) is 5.55. The van der Waals surface area contributed by atoms with Crippen molar-refractivity contribution in [3.63, 3.8) is 0 Å². The van der Waals surface area contributed by atoms with E-state index in [1.54, 1.807) is 17.7 Å². The van der Waals surface area contributed by atoms with Crippen molar-refractivity contribution in [3.8, 4) is 16.9 Å². The van der Waals surface area contributed by atoms with Gasteiger partial charge >= 0.3 is 0 Å². The summed E-state index contributed by atoms with van der Waals surface area (Å²) in [5, 5.41) is 4.41. The molecule has 1 aliphatic heterocycles. The van der Waals surface area contributed by atoms with E-state index in [9.17, 15) is 4.79 Å². The molecule has 4 aromatic rings. The van der Waals surface area contributed by atoms with Crippen LogP contribution in [-0.2, 0) is 0 Å². The Morgan fingerprint density at radius 2 is 1.77 bits per heavy atom. The van der Waals surface area contributed by atoms with Crippen molar-refractivity contribution in [3.05, 3.63) is 72.7 Å². The number of rotatable bonds is 4. The topological polar surface area (TPSA) is 75.9 Å². The zero-order chi connectivity index (χ0) is 21.2. The van der Waals surface area contributed by atoms with Crippen molar-refractivity contribution in [2.75, 3.05) is 38.2 Å². The Kier molecular flexibility index (Phi) is 4.95. The number of carbonyl (C=O) groups excluding carboxylic acids is 1. The van der Waals surface area contributed by atoms with Crippen molar-refractivity contribution in [2.24, 2.45) is 0 Å². The van der Waals surface area contributed by atoms with Crippen molar-refractivity contribution in [1.29, 1.82) is 0 Å². The van der Waals surface area contributed by atoms with Gasteiger partial charge in [0, 0.05) is 43.5 Å². The van der Waals surface area contributed by atoms with E-state index >= 15 is 0 Å². The largest absolute Gasteiger partial charge is 0.497 e. The maximum Gasteiger partial charge on any atom is 0.254 e. The first-order valence-electron chi connectivity index (χ1n) is 10.2. The molecule has 0 radical (unpaired) electrons. The van der Waals surface area contributed by atoms with E-state index in [0.717, 1.165) is 16.9 Å². The number of piperazine rings is 1. The Balaban J connectivity index is 1.42. The molecule has 3 heterocycles. The number of ether oxygens (including phenoxy) is 1. The molecule has 1 saturated heterocycles. The van der Waals surface area contributed by atoms with Gasteiger partial charge in [-0.3, -0.25) is 4.79 Å². The second kappa shape index (κ2) is 8.06. The summed E-state index contributed by atoms with van der Waals surface area (Å²) in [6.07, 6.45) is 3.37. The molecule has 2 aromatic carbocycles. The summed E-state index contributed by atoms with van der Waals surface area (Å²) in [5.41, 5.74) is 2.70. The fraction of sp³-hybridized carbons (Fsp3) is 0.217. The Morgan fingerprint density at radius 1 is 0.968 bits per heavy atom. The van der Waals surface area contributed by atoms with Gasteiger partial charge in [0.1, 0.15) is 17.9 Å². The number of hydrogen-bond acceptors (Lipinski definition) is 6. The highest BCUT2D eigenvalue weighted by Gasteiger charge is 2.26. The van der Waals surface area contributed by atoms with Crippen molar-refractivity contribution in [2.45, 2.75) is 0 Å². The molecule has 5 rings (SSSR count). The van der Waals surface area contributed by atoms with Crippen molar-refractivity contribution < 1.29 is 9.53 Å². The minimum absolute atomic E-state index is 0.0162. The molecule has 8 nitrogen and oxygen atoms in total. The number of anilines is 1. The molecule has 1 fully saturated rings. The number of aromatic nitrogens is 4. The summed E-state index contributed by atoms with van der Waals surface area (Å²) < 4.78 is 7.03. The number of carbonyl (C=O) groups is 1. The Bertz CT molecular complexity index is 1220. The molecule has 156 valence electrons.